The Morgan fingerprint density at radius 1 is 1.33 bits per heavy atom. The zero-order valence-corrected chi connectivity index (χ0v) is 9.93. The van der Waals surface area contributed by atoms with Crippen molar-refractivity contribution in [3.8, 4) is 0 Å². The first-order chi connectivity index (χ1) is 8.59. The molecule has 0 unspecified atom stereocenters. The van der Waals surface area contributed by atoms with Crippen molar-refractivity contribution in [2.45, 2.75) is 18.9 Å². The number of benzene rings is 1. The molecule has 1 amide bonds. The molecule has 0 bridgehead atoms. The summed E-state index contributed by atoms with van der Waals surface area (Å²) < 4.78 is 0. The van der Waals surface area contributed by atoms with Crippen LogP contribution in [0.15, 0.2) is 30.3 Å². The summed E-state index contributed by atoms with van der Waals surface area (Å²) in [5.74, 6) is -1.33. The third-order valence-corrected chi connectivity index (χ3v) is 3.38. The molecule has 0 radical (unpaired) electrons. The van der Waals surface area contributed by atoms with E-state index in [1.165, 1.54) is 0 Å². The summed E-state index contributed by atoms with van der Waals surface area (Å²) in [6, 6.07) is 7.64. The topological polar surface area (TPSA) is 92.4 Å². The number of rotatable bonds is 5. The van der Waals surface area contributed by atoms with E-state index in [1.54, 1.807) is 30.3 Å². The zero-order valence-electron chi connectivity index (χ0n) is 9.93. The van der Waals surface area contributed by atoms with Gasteiger partial charge in [-0.2, -0.15) is 0 Å². The maximum atomic E-state index is 12.0. The lowest BCUT2D eigenvalue weighted by molar-refractivity contribution is -0.142. The van der Waals surface area contributed by atoms with Gasteiger partial charge in [0, 0.05) is 6.54 Å². The number of hydrogen-bond acceptors (Lipinski definition) is 3. The van der Waals surface area contributed by atoms with E-state index in [0.717, 1.165) is 12.8 Å². The molecule has 1 aromatic carbocycles. The van der Waals surface area contributed by atoms with Gasteiger partial charge < -0.3 is 16.2 Å². The molecule has 1 saturated carbocycles. The zero-order chi connectivity index (χ0) is 13.2. The second kappa shape index (κ2) is 4.78. The summed E-state index contributed by atoms with van der Waals surface area (Å²) in [6.45, 7) is 0.264. The first-order valence-electron chi connectivity index (χ1n) is 5.88. The minimum Gasteiger partial charge on any atom is -0.479 e. The molecule has 0 heterocycles. The van der Waals surface area contributed by atoms with Crippen molar-refractivity contribution in [2.75, 3.05) is 6.54 Å². The average molecular weight is 248 g/mol. The molecular formula is C13H16N2O3. The Labute approximate surface area is 105 Å². The molecule has 5 nitrogen and oxygen atoms in total. The Kier molecular flexibility index (Phi) is 3.34. The molecule has 5 heteroatoms. The molecule has 4 N–H and O–H groups in total. The van der Waals surface area contributed by atoms with Crippen molar-refractivity contribution in [1.29, 1.82) is 0 Å². The second-order valence-electron chi connectivity index (χ2n) is 4.64. The molecule has 0 spiro atoms. The number of carboxylic acids is 1. The van der Waals surface area contributed by atoms with Gasteiger partial charge in [-0.15, -0.1) is 0 Å². The summed E-state index contributed by atoms with van der Waals surface area (Å²) in [5, 5.41) is 11.8. The van der Waals surface area contributed by atoms with Crippen molar-refractivity contribution < 1.29 is 14.7 Å². The van der Waals surface area contributed by atoms with Gasteiger partial charge in [0.05, 0.1) is 5.41 Å². The van der Waals surface area contributed by atoms with Crippen molar-refractivity contribution in [1.82, 2.24) is 5.32 Å². The predicted molar refractivity (Wildman–Crippen MR) is 65.7 cm³/mol. The fourth-order valence-corrected chi connectivity index (χ4v) is 1.89. The summed E-state index contributed by atoms with van der Waals surface area (Å²) in [4.78, 5) is 23.2. The number of carbonyl (C=O) groups is 2. The highest BCUT2D eigenvalue weighted by Gasteiger charge is 2.49. The highest BCUT2D eigenvalue weighted by molar-refractivity contribution is 5.90. The maximum absolute atomic E-state index is 12.0. The quantitative estimate of drug-likeness (QED) is 0.714. The van der Waals surface area contributed by atoms with Gasteiger partial charge in [-0.3, -0.25) is 4.79 Å². The fourth-order valence-electron chi connectivity index (χ4n) is 1.89. The Morgan fingerprint density at radius 2 is 1.94 bits per heavy atom. The Balaban J connectivity index is 2.13. The maximum Gasteiger partial charge on any atom is 0.330 e. The number of amides is 1. The van der Waals surface area contributed by atoms with Crippen molar-refractivity contribution in [3.05, 3.63) is 35.9 Å². The summed E-state index contributed by atoms with van der Waals surface area (Å²) in [7, 11) is 0. The van der Waals surface area contributed by atoms with Gasteiger partial charge in [0.15, 0.2) is 6.04 Å². The highest BCUT2D eigenvalue weighted by atomic mass is 16.4. The van der Waals surface area contributed by atoms with Crippen LogP contribution >= 0.6 is 0 Å². The number of carbonyl (C=O) groups excluding carboxylic acids is 1. The van der Waals surface area contributed by atoms with E-state index in [-0.39, 0.29) is 12.5 Å². The van der Waals surface area contributed by atoms with Crippen LogP contribution in [-0.4, -0.2) is 23.5 Å². The lowest BCUT2D eigenvalue weighted by Crippen LogP contribution is -2.41. The Hall–Kier alpha value is -1.88. The van der Waals surface area contributed by atoms with E-state index < -0.39 is 17.4 Å². The SMILES string of the molecule is NCC1(C(=O)N[C@@H](C(=O)O)c2ccccc2)CC1. The first-order valence-corrected chi connectivity index (χ1v) is 5.88. The summed E-state index contributed by atoms with van der Waals surface area (Å²) in [6.07, 6.45) is 1.47. The van der Waals surface area contributed by atoms with Gasteiger partial charge in [0.25, 0.3) is 0 Å². The molecule has 1 aliphatic carbocycles. The monoisotopic (exact) mass is 248 g/mol. The normalized spacial score (nSPS) is 17.8. The number of nitrogens with one attached hydrogen (secondary N) is 1. The van der Waals surface area contributed by atoms with E-state index in [4.69, 9.17) is 5.73 Å². The van der Waals surface area contributed by atoms with Crippen LogP contribution in [0.1, 0.15) is 24.4 Å². The minimum atomic E-state index is -1.07. The largest absolute Gasteiger partial charge is 0.479 e. The van der Waals surface area contributed by atoms with Crippen LogP contribution < -0.4 is 11.1 Å². The van der Waals surface area contributed by atoms with Crippen LogP contribution in [0.25, 0.3) is 0 Å². The molecule has 96 valence electrons. The van der Waals surface area contributed by atoms with E-state index in [1.807, 2.05) is 0 Å². The average Bonchev–Trinajstić information content (AvgIpc) is 3.17. The first kappa shape index (κ1) is 12.6. The fraction of sp³-hybridized carbons (Fsp3) is 0.385. The Morgan fingerprint density at radius 3 is 2.39 bits per heavy atom. The van der Waals surface area contributed by atoms with Crippen molar-refractivity contribution in [2.24, 2.45) is 11.1 Å². The highest BCUT2D eigenvalue weighted by Crippen LogP contribution is 2.45. The molecule has 1 atom stereocenters. The molecule has 0 aromatic heterocycles. The molecule has 1 aromatic rings. The number of aliphatic carboxylic acids is 1. The van der Waals surface area contributed by atoms with Gasteiger partial charge in [0.2, 0.25) is 5.91 Å². The predicted octanol–water partition coefficient (Wildman–Crippen LogP) is 0.667. The van der Waals surface area contributed by atoms with Crippen LogP contribution in [0.2, 0.25) is 0 Å². The van der Waals surface area contributed by atoms with E-state index in [9.17, 15) is 14.7 Å². The third kappa shape index (κ3) is 2.36. The smallest absolute Gasteiger partial charge is 0.330 e. The van der Waals surface area contributed by atoms with Gasteiger partial charge in [0.1, 0.15) is 0 Å². The lowest BCUT2D eigenvalue weighted by atomic mass is 10.0. The molecule has 0 saturated heterocycles. The van der Waals surface area contributed by atoms with E-state index in [0.29, 0.717) is 5.56 Å². The summed E-state index contributed by atoms with van der Waals surface area (Å²) in [5.41, 5.74) is 5.57. The number of hydrogen-bond donors (Lipinski definition) is 3. The molecule has 0 aliphatic heterocycles. The van der Waals surface area contributed by atoms with Crippen LogP contribution in [0.5, 0.6) is 0 Å². The molecular weight excluding hydrogens is 232 g/mol. The summed E-state index contributed by atoms with van der Waals surface area (Å²) >= 11 is 0. The van der Waals surface area contributed by atoms with Gasteiger partial charge in [-0.25, -0.2) is 4.79 Å². The Bertz CT molecular complexity index is 455. The third-order valence-electron chi connectivity index (χ3n) is 3.38. The van der Waals surface area contributed by atoms with Crippen LogP contribution in [0.3, 0.4) is 0 Å². The molecule has 2 rings (SSSR count). The number of nitrogens with two attached hydrogens (primary N) is 1. The molecule has 1 fully saturated rings. The number of carboxylic acid groups (broad SMARTS) is 1. The van der Waals surface area contributed by atoms with Crippen LogP contribution in [0.4, 0.5) is 0 Å². The standard InChI is InChI=1S/C13H16N2O3/c14-8-13(6-7-13)12(18)15-10(11(16)17)9-4-2-1-3-5-9/h1-5,10H,6-8,14H2,(H,15,18)(H,16,17)/t10-/m1/s1. The van der Waals surface area contributed by atoms with Crippen LogP contribution in [-0.2, 0) is 9.59 Å². The van der Waals surface area contributed by atoms with E-state index >= 15 is 0 Å². The molecule has 1 aliphatic rings. The minimum absolute atomic E-state index is 0.263. The van der Waals surface area contributed by atoms with Crippen LogP contribution in [0, 0.1) is 5.41 Å². The van der Waals surface area contributed by atoms with Gasteiger partial charge in [-0.1, -0.05) is 30.3 Å². The molecule has 18 heavy (non-hydrogen) atoms. The van der Waals surface area contributed by atoms with Crippen molar-refractivity contribution >= 4 is 11.9 Å². The second-order valence-corrected chi connectivity index (χ2v) is 4.64. The van der Waals surface area contributed by atoms with E-state index in [2.05, 4.69) is 5.32 Å². The lowest BCUT2D eigenvalue weighted by Gasteiger charge is -2.18. The van der Waals surface area contributed by atoms with Gasteiger partial charge in [-0.05, 0) is 18.4 Å². The van der Waals surface area contributed by atoms with Gasteiger partial charge >= 0.3 is 5.97 Å². The van der Waals surface area contributed by atoms with Crippen molar-refractivity contribution in [3.63, 3.8) is 0 Å².